The average Bonchev–Trinajstić information content (AvgIpc) is 2.69. The first-order valence-electron chi connectivity index (χ1n) is 11.0. The Morgan fingerprint density at radius 1 is 0.929 bits per heavy atom. The smallest absolute Gasteiger partial charge is 0.120 e. The van der Waals surface area contributed by atoms with Crippen LogP contribution >= 0.6 is 0 Å². The van der Waals surface area contributed by atoms with E-state index in [1.807, 2.05) is 0 Å². The molecular formula is C25H35NO2. The maximum absolute atomic E-state index is 6.35. The van der Waals surface area contributed by atoms with Gasteiger partial charge in [0.1, 0.15) is 5.75 Å². The molecule has 2 aromatic carbocycles. The Kier molecular flexibility index (Phi) is 5.93. The average molecular weight is 382 g/mol. The van der Waals surface area contributed by atoms with Crippen LogP contribution in [0.25, 0.3) is 10.8 Å². The zero-order valence-corrected chi connectivity index (χ0v) is 17.7. The van der Waals surface area contributed by atoms with E-state index < -0.39 is 0 Å². The van der Waals surface area contributed by atoms with E-state index in [-0.39, 0.29) is 0 Å². The lowest BCUT2D eigenvalue weighted by Crippen LogP contribution is -2.35. The first-order valence-corrected chi connectivity index (χ1v) is 11.0. The van der Waals surface area contributed by atoms with Crippen molar-refractivity contribution in [1.29, 1.82) is 0 Å². The highest BCUT2D eigenvalue weighted by Crippen LogP contribution is 2.39. The lowest BCUT2D eigenvalue weighted by atomic mass is 9.72. The number of hydrogen-bond donors (Lipinski definition) is 0. The Morgan fingerprint density at radius 3 is 2.32 bits per heavy atom. The molecule has 1 aliphatic heterocycles. The van der Waals surface area contributed by atoms with Gasteiger partial charge in [0.15, 0.2) is 0 Å². The topological polar surface area (TPSA) is 21.7 Å². The molecule has 3 heteroatoms. The van der Waals surface area contributed by atoms with Gasteiger partial charge < -0.3 is 9.47 Å². The van der Waals surface area contributed by atoms with Crippen LogP contribution in [0.4, 0.5) is 0 Å². The van der Waals surface area contributed by atoms with Crippen molar-refractivity contribution in [2.45, 2.75) is 59.1 Å². The van der Waals surface area contributed by atoms with Gasteiger partial charge in [-0.25, -0.2) is 0 Å². The molecule has 1 aliphatic carbocycles. The van der Waals surface area contributed by atoms with E-state index in [4.69, 9.17) is 9.47 Å². The van der Waals surface area contributed by atoms with Crippen LogP contribution in [0.2, 0.25) is 0 Å². The standard InChI is InChI=1S/C25H35NO2/c1-25(2,3)22-7-10-23(11-8-22)28-24-9-6-20-16-19(4-5-21(20)17-24)18-26-12-14-27-15-13-26/h4-6,9,16-17,22-23H,7-8,10-15,18H2,1-3H3. The van der Waals surface area contributed by atoms with E-state index in [1.54, 1.807) is 0 Å². The number of benzene rings is 2. The van der Waals surface area contributed by atoms with Crippen LogP contribution in [-0.4, -0.2) is 37.3 Å². The second-order valence-electron chi connectivity index (χ2n) is 9.69. The minimum absolute atomic E-state index is 0.372. The Bertz CT molecular complexity index is 781. The monoisotopic (exact) mass is 381 g/mol. The minimum atomic E-state index is 0.372. The molecule has 0 unspecified atom stereocenters. The molecule has 0 radical (unpaired) electrons. The Balaban J connectivity index is 1.37. The largest absolute Gasteiger partial charge is 0.490 e. The zero-order chi connectivity index (χ0) is 19.6. The number of fused-ring (bicyclic) bond motifs is 1. The predicted molar refractivity (Wildman–Crippen MR) is 116 cm³/mol. The summed E-state index contributed by atoms with van der Waals surface area (Å²) < 4.78 is 11.8. The van der Waals surface area contributed by atoms with Crippen molar-refractivity contribution < 1.29 is 9.47 Å². The molecule has 0 spiro atoms. The quantitative estimate of drug-likeness (QED) is 0.682. The van der Waals surface area contributed by atoms with Crippen LogP contribution in [0.5, 0.6) is 5.75 Å². The van der Waals surface area contributed by atoms with Crippen LogP contribution in [0, 0.1) is 11.3 Å². The fraction of sp³-hybridized carbons (Fsp3) is 0.600. The molecule has 0 atom stereocenters. The number of ether oxygens (including phenoxy) is 2. The van der Waals surface area contributed by atoms with Gasteiger partial charge in [-0.2, -0.15) is 0 Å². The summed E-state index contributed by atoms with van der Waals surface area (Å²) in [4.78, 5) is 2.47. The van der Waals surface area contributed by atoms with Gasteiger partial charge in [-0.15, -0.1) is 0 Å². The van der Waals surface area contributed by atoms with Crippen molar-refractivity contribution in [3.05, 3.63) is 42.0 Å². The molecule has 1 heterocycles. The molecule has 1 saturated heterocycles. The Morgan fingerprint density at radius 2 is 1.61 bits per heavy atom. The SMILES string of the molecule is CC(C)(C)C1CCC(Oc2ccc3cc(CN4CCOCC4)ccc3c2)CC1. The molecule has 28 heavy (non-hydrogen) atoms. The fourth-order valence-corrected chi connectivity index (χ4v) is 4.70. The van der Waals surface area contributed by atoms with Crippen molar-refractivity contribution in [2.75, 3.05) is 26.3 Å². The maximum Gasteiger partial charge on any atom is 0.120 e. The molecule has 2 aliphatic rings. The normalized spacial score (nSPS) is 24.4. The Hall–Kier alpha value is -1.58. The molecule has 1 saturated carbocycles. The van der Waals surface area contributed by atoms with E-state index in [2.05, 4.69) is 62.1 Å². The fourth-order valence-electron chi connectivity index (χ4n) is 4.70. The molecule has 2 fully saturated rings. The highest BCUT2D eigenvalue weighted by Gasteiger charge is 2.30. The van der Waals surface area contributed by atoms with Crippen molar-refractivity contribution in [2.24, 2.45) is 11.3 Å². The highest BCUT2D eigenvalue weighted by atomic mass is 16.5. The molecule has 3 nitrogen and oxygen atoms in total. The van der Waals surface area contributed by atoms with Crippen LogP contribution in [0.3, 0.4) is 0 Å². The van der Waals surface area contributed by atoms with Crippen LogP contribution in [0.15, 0.2) is 36.4 Å². The Labute approximate surface area is 170 Å². The first kappa shape index (κ1) is 19.7. The number of morpholine rings is 1. The summed E-state index contributed by atoms with van der Waals surface area (Å²) in [6.45, 7) is 11.9. The number of hydrogen-bond acceptors (Lipinski definition) is 3. The summed E-state index contributed by atoms with van der Waals surface area (Å²) in [5.74, 6) is 1.85. The van der Waals surface area contributed by atoms with Crippen molar-refractivity contribution in [1.82, 2.24) is 4.90 Å². The molecule has 152 valence electrons. The van der Waals surface area contributed by atoms with Gasteiger partial charge in [0.05, 0.1) is 19.3 Å². The summed E-state index contributed by atoms with van der Waals surface area (Å²) in [5.41, 5.74) is 1.80. The summed E-state index contributed by atoms with van der Waals surface area (Å²) in [7, 11) is 0. The summed E-state index contributed by atoms with van der Waals surface area (Å²) in [6.07, 6.45) is 5.30. The van der Waals surface area contributed by atoms with Gasteiger partial charge in [0.25, 0.3) is 0 Å². The summed E-state index contributed by atoms with van der Waals surface area (Å²) >= 11 is 0. The molecule has 0 amide bonds. The molecule has 0 aromatic heterocycles. The molecular weight excluding hydrogens is 346 g/mol. The second-order valence-corrected chi connectivity index (χ2v) is 9.69. The van der Waals surface area contributed by atoms with Crippen molar-refractivity contribution in [3.63, 3.8) is 0 Å². The van der Waals surface area contributed by atoms with Gasteiger partial charge in [-0.3, -0.25) is 4.90 Å². The first-order chi connectivity index (χ1) is 13.5. The third-order valence-electron chi connectivity index (χ3n) is 6.59. The van der Waals surface area contributed by atoms with E-state index in [1.165, 1.54) is 42.0 Å². The van der Waals surface area contributed by atoms with Crippen LogP contribution in [0.1, 0.15) is 52.0 Å². The van der Waals surface area contributed by atoms with E-state index in [0.717, 1.165) is 44.5 Å². The highest BCUT2D eigenvalue weighted by molar-refractivity contribution is 5.84. The lowest BCUT2D eigenvalue weighted by molar-refractivity contribution is 0.0342. The minimum Gasteiger partial charge on any atom is -0.490 e. The van der Waals surface area contributed by atoms with E-state index in [0.29, 0.717) is 11.5 Å². The van der Waals surface area contributed by atoms with Crippen LogP contribution in [-0.2, 0) is 11.3 Å². The maximum atomic E-state index is 6.35. The second kappa shape index (κ2) is 8.42. The third-order valence-corrected chi connectivity index (χ3v) is 6.59. The number of rotatable bonds is 4. The molecule has 0 N–H and O–H groups in total. The number of nitrogens with zero attached hydrogens (tertiary/aromatic N) is 1. The third kappa shape index (κ3) is 4.87. The molecule has 4 rings (SSSR count). The summed E-state index contributed by atoms with van der Waals surface area (Å²) in [6, 6.07) is 13.4. The van der Waals surface area contributed by atoms with E-state index >= 15 is 0 Å². The zero-order valence-electron chi connectivity index (χ0n) is 17.7. The molecule has 0 bridgehead atoms. The van der Waals surface area contributed by atoms with Gasteiger partial charge in [0.2, 0.25) is 0 Å². The van der Waals surface area contributed by atoms with Crippen molar-refractivity contribution >= 4 is 10.8 Å². The van der Waals surface area contributed by atoms with Crippen LogP contribution < -0.4 is 4.74 Å². The van der Waals surface area contributed by atoms with E-state index in [9.17, 15) is 0 Å². The van der Waals surface area contributed by atoms with Gasteiger partial charge >= 0.3 is 0 Å². The van der Waals surface area contributed by atoms with Gasteiger partial charge in [-0.05, 0) is 71.6 Å². The van der Waals surface area contributed by atoms with Gasteiger partial charge in [-0.1, -0.05) is 39.0 Å². The molecule has 2 aromatic rings. The summed E-state index contributed by atoms with van der Waals surface area (Å²) in [5, 5.41) is 2.57. The van der Waals surface area contributed by atoms with Gasteiger partial charge in [0, 0.05) is 19.6 Å². The van der Waals surface area contributed by atoms with Crippen molar-refractivity contribution in [3.8, 4) is 5.75 Å². The predicted octanol–water partition coefficient (Wildman–Crippen LogP) is 5.66. The lowest BCUT2D eigenvalue weighted by Gasteiger charge is -2.37.